The summed E-state index contributed by atoms with van der Waals surface area (Å²) in [5.74, 6) is -0.287. The minimum absolute atomic E-state index is 0. The minimum atomic E-state index is -0.287. The van der Waals surface area contributed by atoms with Crippen LogP contribution in [0.5, 0.6) is 0 Å². The summed E-state index contributed by atoms with van der Waals surface area (Å²) in [6.07, 6.45) is 0. The maximum atomic E-state index is 9.99. The van der Waals surface area contributed by atoms with Crippen molar-refractivity contribution in [2.75, 3.05) is 20.6 Å². The maximum absolute atomic E-state index is 9.99. The van der Waals surface area contributed by atoms with Crippen LogP contribution in [0.25, 0.3) is 0 Å². The third-order valence-corrected chi connectivity index (χ3v) is 0.472. The molecule has 0 radical (unpaired) electrons. The number of hydrogen-bond donors (Lipinski definition) is 1. The lowest BCUT2D eigenvalue weighted by Crippen LogP contribution is -2.27. The van der Waals surface area contributed by atoms with Gasteiger partial charge in [-0.2, -0.15) is 0 Å². The average Bonchev–Trinajstić information content (AvgIpc) is 1.27. The normalized spacial score (nSPS) is 7.44. The Hall–Kier alpha value is 0.01000. The number of rotatable bonds is 2. The first-order chi connectivity index (χ1) is 3.13. The van der Waals surface area contributed by atoms with Crippen molar-refractivity contribution in [2.45, 2.75) is 0 Å². The van der Waals surface area contributed by atoms with Crippen molar-refractivity contribution in [1.29, 1.82) is 0 Å². The van der Waals surface area contributed by atoms with Crippen LogP contribution in [-0.4, -0.2) is 31.4 Å². The highest BCUT2D eigenvalue weighted by atomic mass is 35.5. The summed E-state index contributed by atoms with van der Waals surface area (Å²) in [4.78, 5) is 11.7. The van der Waals surface area contributed by atoms with Crippen LogP contribution in [0.15, 0.2) is 0 Å². The topological polar surface area (TPSA) is 46.3 Å². The van der Waals surface area contributed by atoms with E-state index in [9.17, 15) is 4.79 Å². The van der Waals surface area contributed by atoms with Gasteiger partial charge in [0.1, 0.15) is 0 Å². The fourth-order valence-corrected chi connectivity index (χ4v) is 0.312. The molecule has 0 aromatic carbocycles. The van der Waals surface area contributed by atoms with Crippen molar-refractivity contribution < 1.29 is 4.79 Å². The van der Waals surface area contributed by atoms with E-state index in [0.717, 1.165) is 0 Å². The summed E-state index contributed by atoms with van der Waals surface area (Å²) in [5, 5.41) is 0. The Morgan fingerprint density at radius 2 is 1.78 bits per heavy atom. The van der Waals surface area contributed by atoms with E-state index in [1.165, 1.54) is 0 Å². The SMILES string of the molecule is CN(C)CC(N)=O.Cl.Cl. The Balaban J connectivity index is -0.000000180. The highest BCUT2D eigenvalue weighted by molar-refractivity contribution is 5.85. The van der Waals surface area contributed by atoms with Crippen LogP contribution >= 0.6 is 24.8 Å². The Kier molecular flexibility index (Phi) is 14.2. The fraction of sp³-hybridized carbons (Fsp3) is 0.750. The van der Waals surface area contributed by atoms with Crippen molar-refractivity contribution in [3.05, 3.63) is 0 Å². The van der Waals surface area contributed by atoms with Gasteiger partial charge >= 0.3 is 0 Å². The first kappa shape index (κ1) is 16.0. The molecule has 0 fully saturated rings. The molecule has 0 aliphatic carbocycles. The van der Waals surface area contributed by atoms with Crippen molar-refractivity contribution in [3.8, 4) is 0 Å². The molecule has 0 unspecified atom stereocenters. The number of halogens is 2. The molecule has 0 spiro atoms. The van der Waals surface area contributed by atoms with Gasteiger partial charge in [0.2, 0.25) is 5.91 Å². The molecule has 58 valence electrons. The molecule has 0 aromatic rings. The van der Waals surface area contributed by atoms with E-state index in [-0.39, 0.29) is 30.7 Å². The van der Waals surface area contributed by atoms with E-state index in [1.807, 2.05) is 0 Å². The second kappa shape index (κ2) is 8.01. The summed E-state index contributed by atoms with van der Waals surface area (Å²) in [5.41, 5.74) is 4.81. The van der Waals surface area contributed by atoms with Crippen LogP contribution in [0.3, 0.4) is 0 Å². The van der Waals surface area contributed by atoms with Gasteiger partial charge in [-0.05, 0) is 14.1 Å². The molecule has 2 N–H and O–H groups in total. The zero-order valence-corrected chi connectivity index (χ0v) is 7.09. The molecule has 0 heterocycles. The maximum Gasteiger partial charge on any atom is 0.231 e. The third kappa shape index (κ3) is 18.0. The Morgan fingerprint density at radius 1 is 1.44 bits per heavy atom. The molecule has 0 bridgehead atoms. The minimum Gasteiger partial charge on any atom is -0.369 e. The van der Waals surface area contributed by atoms with Crippen LogP contribution in [0.1, 0.15) is 0 Å². The molecule has 9 heavy (non-hydrogen) atoms. The summed E-state index contributed by atoms with van der Waals surface area (Å²) in [7, 11) is 3.59. The molecule has 1 amide bonds. The number of nitrogens with two attached hydrogens (primary N) is 1. The summed E-state index contributed by atoms with van der Waals surface area (Å²) < 4.78 is 0. The van der Waals surface area contributed by atoms with Crippen LogP contribution in [0.2, 0.25) is 0 Å². The highest BCUT2D eigenvalue weighted by Crippen LogP contribution is 1.67. The molecule has 0 aromatic heterocycles. The Bertz CT molecular complexity index is 77.0. The molecular formula is C4H12Cl2N2O. The lowest BCUT2D eigenvalue weighted by Gasteiger charge is -2.02. The van der Waals surface area contributed by atoms with Gasteiger partial charge in [0.15, 0.2) is 0 Å². The average molecular weight is 175 g/mol. The molecule has 3 nitrogen and oxygen atoms in total. The number of amides is 1. The quantitative estimate of drug-likeness (QED) is 0.635. The van der Waals surface area contributed by atoms with Crippen molar-refractivity contribution in [3.63, 3.8) is 0 Å². The predicted molar refractivity (Wildman–Crippen MR) is 42.2 cm³/mol. The monoisotopic (exact) mass is 174 g/mol. The van der Waals surface area contributed by atoms with Gasteiger partial charge in [-0.3, -0.25) is 4.79 Å². The predicted octanol–water partition coefficient (Wildman–Crippen LogP) is -0.123. The van der Waals surface area contributed by atoms with E-state index in [2.05, 4.69) is 0 Å². The van der Waals surface area contributed by atoms with Gasteiger partial charge in [-0.25, -0.2) is 0 Å². The molecule has 0 aliphatic heterocycles. The second-order valence-electron chi connectivity index (χ2n) is 1.70. The second-order valence-corrected chi connectivity index (χ2v) is 1.70. The standard InChI is InChI=1S/C4H10N2O.2ClH/c1-6(2)3-4(5)7;;/h3H2,1-2H3,(H2,5,7);2*1H. The molecule has 0 aliphatic rings. The number of likely N-dealkylation sites (N-methyl/N-ethyl adjacent to an activating group) is 1. The van der Waals surface area contributed by atoms with Gasteiger partial charge in [0.25, 0.3) is 0 Å². The number of carbonyl (C=O) groups excluding carboxylic acids is 1. The molecule has 0 saturated heterocycles. The number of nitrogens with zero attached hydrogens (tertiary/aromatic N) is 1. The highest BCUT2D eigenvalue weighted by Gasteiger charge is 1.92. The van der Waals surface area contributed by atoms with Gasteiger partial charge in [0.05, 0.1) is 6.54 Å². The number of carbonyl (C=O) groups is 1. The summed E-state index contributed by atoms with van der Waals surface area (Å²) >= 11 is 0. The lowest BCUT2D eigenvalue weighted by molar-refractivity contribution is -0.118. The fourth-order valence-electron chi connectivity index (χ4n) is 0.312. The molecular weight excluding hydrogens is 163 g/mol. The van der Waals surface area contributed by atoms with Crippen LogP contribution in [-0.2, 0) is 4.79 Å². The van der Waals surface area contributed by atoms with Gasteiger partial charge < -0.3 is 10.6 Å². The number of primary amides is 1. The largest absolute Gasteiger partial charge is 0.369 e. The molecule has 0 saturated carbocycles. The smallest absolute Gasteiger partial charge is 0.231 e. The van der Waals surface area contributed by atoms with Gasteiger partial charge in [0, 0.05) is 0 Å². The zero-order valence-electron chi connectivity index (χ0n) is 5.46. The van der Waals surface area contributed by atoms with E-state index < -0.39 is 0 Å². The number of hydrogen-bond acceptors (Lipinski definition) is 2. The van der Waals surface area contributed by atoms with Crippen molar-refractivity contribution in [1.82, 2.24) is 4.90 Å². The Labute approximate surface area is 67.4 Å². The van der Waals surface area contributed by atoms with E-state index >= 15 is 0 Å². The van der Waals surface area contributed by atoms with Crippen molar-refractivity contribution in [2.24, 2.45) is 5.73 Å². The summed E-state index contributed by atoms with van der Waals surface area (Å²) in [6.45, 7) is 0.333. The van der Waals surface area contributed by atoms with Gasteiger partial charge in [-0.15, -0.1) is 24.8 Å². The van der Waals surface area contributed by atoms with Crippen LogP contribution in [0.4, 0.5) is 0 Å². The lowest BCUT2D eigenvalue weighted by atomic mass is 10.6. The first-order valence-corrected chi connectivity index (χ1v) is 2.06. The van der Waals surface area contributed by atoms with E-state index in [1.54, 1.807) is 19.0 Å². The molecule has 0 atom stereocenters. The van der Waals surface area contributed by atoms with Crippen LogP contribution < -0.4 is 5.73 Å². The molecule has 0 rings (SSSR count). The van der Waals surface area contributed by atoms with E-state index in [4.69, 9.17) is 5.73 Å². The Morgan fingerprint density at radius 3 is 1.78 bits per heavy atom. The van der Waals surface area contributed by atoms with E-state index in [0.29, 0.717) is 6.54 Å². The third-order valence-electron chi connectivity index (χ3n) is 0.472. The first-order valence-electron chi connectivity index (χ1n) is 2.06. The van der Waals surface area contributed by atoms with Gasteiger partial charge in [-0.1, -0.05) is 0 Å². The van der Waals surface area contributed by atoms with Crippen LogP contribution in [0, 0.1) is 0 Å². The summed E-state index contributed by atoms with van der Waals surface area (Å²) in [6, 6.07) is 0. The molecule has 5 heteroatoms. The zero-order chi connectivity index (χ0) is 5.86. The van der Waals surface area contributed by atoms with Crippen molar-refractivity contribution >= 4 is 30.7 Å².